The van der Waals surface area contributed by atoms with Crippen molar-refractivity contribution < 1.29 is 19.0 Å². The number of carbonyl (C=O) groups is 1. The molecule has 7 heteroatoms. The molecule has 0 aromatic heterocycles. The van der Waals surface area contributed by atoms with Crippen molar-refractivity contribution in [1.29, 1.82) is 0 Å². The fraction of sp³-hybridized carbons (Fsp3) is 0.364. The van der Waals surface area contributed by atoms with E-state index >= 15 is 0 Å². The standard InChI is InChI=1S/C22H27ClN2O4/c1-4-11-29-22-19(23)12-17(13-20(22)28-6-3)15-24-25-21(26)14-16-7-9-18(10-8-16)27-5-2/h7-10,12-13,15H,4-6,11,14H2,1-3H3,(H,25,26)/b24-15-. The molecule has 0 aliphatic rings. The average Bonchev–Trinajstić information content (AvgIpc) is 2.69. The van der Waals surface area contributed by atoms with Gasteiger partial charge in [-0.2, -0.15) is 5.10 Å². The summed E-state index contributed by atoms with van der Waals surface area (Å²) >= 11 is 6.33. The third kappa shape index (κ3) is 7.31. The molecule has 2 aromatic rings. The van der Waals surface area contributed by atoms with Crippen LogP contribution in [0.1, 0.15) is 38.3 Å². The quantitative estimate of drug-likeness (QED) is 0.427. The number of nitrogens with one attached hydrogen (secondary N) is 1. The summed E-state index contributed by atoms with van der Waals surface area (Å²) in [5, 5.41) is 4.45. The van der Waals surface area contributed by atoms with Crippen molar-refractivity contribution in [3.8, 4) is 17.2 Å². The number of nitrogens with zero attached hydrogens (tertiary/aromatic N) is 1. The zero-order valence-corrected chi connectivity index (χ0v) is 17.8. The number of hydrogen-bond acceptors (Lipinski definition) is 5. The summed E-state index contributed by atoms with van der Waals surface area (Å²) in [6.45, 7) is 7.47. The summed E-state index contributed by atoms with van der Waals surface area (Å²) in [5.41, 5.74) is 4.10. The first-order valence-electron chi connectivity index (χ1n) is 9.70. The number of halogens is 1. The Morgan fingerprint density at radius 3 is 2.45 bits per heavy atom. The van der Waals surface area contributed by atoms with Crippen molar-refractivity contribution in [3.63, 3.8) is 0 Å². The summed E-state index contributed by atoms with van der Waals surface area (Å²) < 4.78 is 16.7. The molecule has 0 aliphatic heterocycles. The van der Waals surface area contributed by atoms with Crippen LogP contribution in [0.25, 0.3) is 0 Å². The van der Waals surface area contributed by atoms with E-state index in [0.717, 1.165) is 17.7 Å². The topological polar surface area (TPSA) is 69.2 Å². The maximum Gasteiger partial charge on any atom is 0.244 e. The molecule has 0 atom stereocenters. The van der Waals surface area contributed by atoms with Crippen LogP contribution in [0.3, 0.4) is 0 Å². The molecular weight excluding hydrogens is 392 g/mol. The lowest BCUT2D eigenvalue weighted by molar-refractivity contribution is -0.120. The normalized spacial score (nSPS) is 10.8. The largest absolute Gasteiger partial charge is 0.494 e. The Hall–Kier alpha value is -2.73. The third-order valence-corrected chi connectivity index (χ3v) is 4.06. The van der Waals surface area contributed by atoms with Crippen LogP contribution in [0.15, 0.2) is 41.5 Å². The van der Waals surface area contributed by atoms with Crippen LogP contribution < -0.4 is 19.6 Å². The molecule has 0 saturated carbocycles. The Balaban J connectivity index is 1.98. The van der Waals surface area contributed by atoms with Crippen LogP contribution in [0, 0.1) is 0 Å². The van der Waals surface area contributed by atoms with E-state index in [2.05, 4.69) is 10.5 Å². The van der Waals surface area contributed by atoms with Crippen LogP contribution in [0.5, 0.6) is 17.2 Å². The van der Waals surface area contributed by atoms with Gasteiger partial charge in [-0.05, 0) is 55.7 Å². The first kappa shape index (κ1) is 22.6. The second kappa shape index (κ2) is 12.0. The highest BCUT2D eigenvalue weighted by Crippen LogP contribution is 2.36. The van der Waals surface area contributed by atoms with E-state index in [4.69, 9.17) is 25.8 Å². The summed E-state index contributed by atoms with van der Waals surface area (Å²) in [4.78, 5) is 12.1. The van der Waals surface area contributed by atoms with E-state index in [0.29, 0.717) is 41.9 Å². The van der Waals surface area contributed by atoms with Crippen LogP contribution in [0.2, 0.25) is 5.02 Å². The number of hydrazone groups is 1. The summed E-state index contributed by atoms with van der Waals surface area (Å²) in [7, 11) is 0. The smallest absolute Gasteiger partial charge is 0.244 e. The van der Waals surface area contributed by atoms with E-state index in [-0.39, 0.29) is 12.3 Å². The number of carbonyl (C=O) groups excluding carboxylic acids is 1. The van der Waals surface area contributed by atoms with Crippen molar-refractivity contribution in [1.82, 2.24) is 5.43 Å². The maximum atomic E-state index is 12.1. The summed E-state index contributed by atoms with van der Waals surface area (Å²) in [5.74, 6) is 1.63. The Labute approximate surface area is 176 Å². The van der Waals surface area contributed by atoms with Gasteiger partial charge in [-0.1, -0.05) is 30.7 Å². The van der Waals surface area contributed by atoms with E-state index < -0.39 is 0 Å². The third-order valence-electron chi connectivity index (χ3n) is 3.78. The zero-order chi connectivity index (χ0) is 21.1. The van der Waals surface area contributed by atoms with Crippen molar-refractivity contribution in [3.05, 3.63) is 52.5 Å². The van der Waals surface area contributed by atoms with Gasteiger partial charge in [0.05, 0.1) is 37.5 Å². The Morgan fingerprint density at radius 2 is 1.79 bits per heavy atom. The van der Waals surface area contributed by atoms with Gasteiger partial charge in [0.15, 0.2) is 11.5 Å². The van der Waals surface area contributed by atoms with Gasteiger partial charge in [0.2, 0.25) is 5.91 Å². The molecule has 2 aromatic carbocycles. The van der Waals surface area contributed by atoms with Crippen molar-refractivity contribution in [2.45, 2.75) is 33.6 Å². The van der Waals surface area contributed by atoms with E-state index in [1.165, 1.54) is 6.21 Å². The molecule has 0 saturated heterocycles. The van der Waals surface area contributed by atoms with Gasteiger partial charge < -0.3 is 14.2 Å². The predicted molar refractivity (Wildman–Crippen MR) is 115 cm³/mol. The van der Waals surface area contributed by atoms with E-state index in [9.17, 15) is 4.79 Å². The Kier molecular flexibility index (Phi) is 9.31. The van der Waals surface area contributed by atoms with Gasteiger partial charge in [0.1, 0.15) is 5.75 Å². The number of hydrogen-bond donors (Lipinski definition) is 1. The monoisotopic (exact) mass is 418 g/mol. The van der Waals surface area contributed by atoms with Gasteiger partial charge in [0.25, 0.3) is 0 Å². The maximum absolute atomic E-state index is 12.1. The van der Waals surface area contributed by atoms with Crippen molar-refractivity contribution in [2.24, 2.45) is 5.10 Å². The molecule has 2 rings (SSSR count). The molecule has 0 bridgehead atoms. The SMILES string of the molecule is CCCOc1c(Cl)cc(/C=N\NC(=O)Cc2ccc(OCC)cc2)cc1OCC. The Bertz CT molecular complexity index is 822. The minimum atomic E-state index is -0.218. The number of benzene rings is 2. The lowest BCUT2D eigenvalue weighted by Crippen LogP contribution is -2.19. The highest BCUT2D eigenvalue weighted by Gasteiger charge is 2.12. The molecule has 156 valence electrons. The highest BCUT2D eigenvalue weighted by molar-refractivity contribution is 6.32. The van der Waals surface area contributed by atoms with Gasteiger partial charge in [-0.25, -0.2) is 5.43 Å². The number of rotatable bonds is 11. The van der Waals surface area contributed by atoms with E-state index in [1.54, 1.807) is 12.1 Å². The minimum Gasteiger partial charge on any atom is -0.494 e. The zero-order valence-electron chi connectivity index (χ0n) is 17.0. The molecule has 6 nitrogen and oxygen atoms in total. The molecule has 0 aliphatic carbocycles. The molecular formula is C22H27ClN2O4. The van der Waals surface area contributed by atoms with Gasteiger partial charge >= 0.3 is 0 Å². The second-order valence-corrected chi connectivity index (χ2v) is 6.57. The fourth-order valence-corrected chi connectivity index (χ4v) is 2.82. The first-order valence-corrected chi connectivity index (χ1v) is 10.1. The molecule has 1 amide bonds. The molecule has 0 unspecified atom stereocenters. The van der Waals surface area contributed by atoms with Gasteiger partial charge in [0, 0.05) is 0 Å². The van der Waals surface area contributed by atoms with E-state index in [1.807, 2.05) is 45.0 Å². The predicted octanol–water partition coefficient (Wildman–Crippen LogP) is 4.62. The van der Waals surface area contributed by atoms with Crippen molar-refractivity contribution >= 4 is 23.7 Å². The van der Waals surface area contributed by atoms with Crippen LogP contribution >= 0.6 is 11.6 Å². The lowest BCUT2D eigenvalue weighted by atomic mass is 10.1. The molecule has 0 radical (unpaired) electrons. The summed E-state index contributed by atoms with van der Waals surface area (Å²) in [6, 6.07) is 10.9. The minimum absolute atomic E-state index is 0.218. The number of amides is 1. The van der Waals surface area contributed by atoms with Crippen molar-refractivity contribution in [2.75, 3.05) is 19.8 Å². The second-order valence-electron chi connectivity index (χ2n) is 6.16. The first-order chi connectivity index (χ1) is 14.1. The van der Waals surface area contributed by atoms with Gasteiger partial charge in [-0.3, -0.25) is 4.79 Å². The van der Waals surface area contributed by atoms with Crippen LogP contribution in [-0.4, -0.2) is 31.9 Å². The average molecular weight is 419 g/mol. The molecule has 0 heterocycles. The molecule has 1 N–H and O–H groups in total. The molecule has 0 spiro atoms. The molecule has 29 heavy (non-hydrogen) atoms. The highest BCUT2D eigenvalue weighted by atomic mass is 35.5. The molecule has 0 fully saturated rings. The summed E-state index contributed by atoms with van der Waals surface area (Å²) in [6.07, 6.45) is 2.61. The van der Waals surface area contributed by atoms with Gasteiger partial charge in [-0.15, -0.1) is 0 Å². The Morgan fingerprint density at radius 1 is 1.07 bits per heavy atom. The van der Waals surface area contributed by atoms with Crippen LogP contribution in [-0.2, 0) is 11.2 Å². The lowest BCUT2D eigenvalue weighted by Gasteiger charge is -2.13. The fourth-order valence-electron chi connectivity index (χ4n) is 2.54. The number of ether oxygens (including phenoxy) is 3. The van der Waals surface area contributed by atoms with Crippen LogP contribution in [0.4, 0.5) is 0 Å².